The van der Waals surface area contributed by atoms with Gasteiger partial charge in [-0.05, 0) is 49.6 Å². The van der Waals surface area contributed by atoms with E-state index in [1.54, 1.807) is 7.11 Å². The van der Waals surface area contributed by atoms with Gasteiger partial charge in [-0.2, -0.15) is 0 Å². The van der Waals surface area contributed by atoms with Crippen LogP contribution in [0.2, 0.25) is 0 Å². The summed E-state index contributed by atoms with van der Waals surface area (Å²) in [6.07, 6.45) is 5.80. The molecule has 3 aromatic rings. The summed E-state index contributed by atoms with van der Waals surface area (Å²) in [5, 5.41) is 6.71. The highest BCUT2D eigenvalue weighted by Gasteiger charge is 2.03. The number of hydrogen-bond acceptors (Lipinski definition) is 3. The van der Waals surface area contributed by atoms with E-state index in [0.717, 1.165) is 54.5 Å². The maximum atomic E-state index is 5.40. The standard InChI is InChI=1S/C22H29N5O/c1-4-23-22(24-12-10-18-9-8-17(2)20(15-18)28-3)25-13-11-19-16-27-14-6-5-7-21(27)26-19/h5-9,14-16H,4,10-13H2,1-3H3,(H2,23,24,25). The second-order valence-electron chi connectivity index (χ2n) is 6.69. The number of benzene rings is 1. The van der Waals surface area contributed by atoms with E-state index in [2.05, 4.69) is 58.9 Å². The second-order valence-corrected chi connectivity index (χ2v) is 6.69. The molecule has 0 fully saturated rings. The molecule has 0 spiro atoms. The summed E-state index contributed by atoms with van der Waals surface area (Å²) in [7, 11) is 1.71. The molecule has 0 atom stereocenters. The Kier molecular flexibility index (Phi) is 6.89. The Bertz CT molecular complexity index is 899. The number of aliphatic imine (C=N–C) groups is 1. The molecule has 0 unspecified atom stereocenters. The summed E-state index contributed by atoms with van der Waals surface area (Å²) in [4.78, 5) is 9.30. The molecule has 0 bridgehead atoms. The summed E-state index contributed by atoms with van der Waals surface area (Å²) in [6.45, 7) is 6.46. The van der Waals surface area contributed by atoms with Gasteiger partial charge in [0.05, 0.1) is 12.8 Å². The number of aryl methyl sites for hydroxylation is 1. The van der Waals surface area contributed by atoms with E-state index in [9.17, 15) is 0 Å². The highest BCUT2D eigenvalue weighted by Crippen LogP contribution is 2.19. The van der Waals surface area contributed by atoms with Crippen molar-refractivity contribution in [3.63, 3.8) is 0 Å². The van der Waals surface area contributed by atoms with E-state index < -0.39 is 0 Å². The van der Waals surface area contributed by atoms with Gasteiger partial charge in [0.1, 0.15) is 11.4 Å². The number of imidazole rings is 1. The van der Waals surface area contributed by atoms with Gasteiger partial charge in [-0.15, -0.1) is 0 Å². The van der Waals surface area contributed by atoms with Crippen molar-refractivity contribution in [2.75, 3.05) is 26.7 Å². The zero-order valence-electron chi connectivity index (χ0n) is 16.9. The minimum atomic E-state index is 0.692. The molecule has 6 nitrogen and oxygen atoms in total. The molecule has 0 aliphatic heterocycles. The van der Waals surface area contributed by atoms with Crippen molar-refractivity contribution >= 4 is 11.6 Å². The molecule has 2 aromatic heterocycles. The maximum Gasteiger partial charge on any atom is 0.191 e. The Balaban J connectivity index is 1.52. The third kappa shape index (κ3) is 5.25. The number of fused-ring (bicyclic) bond motifs is 1. The average molecular weight is 380 g/mol. The number of nitrogens with zero attached hydrogens (tertiary/aromatic N) is 3. The molecule has 2 heterocycles. The van der Waals surface area contributed by atoms with Crippen molar-refractivity contribution in [1.82, 2.24) is 20.0 Å². The van der Waals surface area contributed by atoms with Crippen molar-refractivity contribution in [3.8, 4) is 5.75 Å². The molecule has 1 aromatic carbocycles. The van der Waals surface area contributed by atoms with E-state index in [1.165, 1.54) is 5.56 Å². The summed E-state index contributed by atoms with van der Waals surface area (Å²) < 4.78 is 7.44. The monoisotopic (exact) mass is 379 g/mol. The highest BCUT2D eigenvalue weighted by molar-refractivity contribution is 5.79. The van der Waals surface area contributed by atoms with Gasteiger partial charge in [0.15, 0.2) is 5.96 Å². The number of rotatable bonds is 8. The van der Waals surface area contributed by atoms with Crippen molar-refractivity contribution in [2.45, 2.75) is 26.7 Å². The number of ether oxygens (including phenoxy) is 1. The fourth-order valence-corrected chi connectivity index (χ4v) is 3.08. The second kappa shape index (κ2) is 9.78. The molecule has 0 saturated heterocycles. The van der Waals surface area contributed by atoms with Crippen LogP contribution in [-0.2, 0) is 12.8 Å². The number of methoxy groups -OCH3 is 1. The van der Waals surface area contributed by atoms with E-state index in [0.29, 0.717) is 6.54 Å². The first-order valence-corrected chi connectivity index (χ1v) is 9.78. The molecule has 148 valence electrons. The zero-order valence-corrected chi connectivity index (χ0v) is 16.9. The van der Waals surface area contributed by atoms with Gasteiger partial charge < -0.3 is 19.8 Å². The Morgan fingerprint density at radius 2 is 2.07 bits per heavy atom. The van der Waals surface area contributed by atoms with Crippen LogP contribution >= 0.6 is 0 Å². The largest absolute Gasteiger partial charge is 0.496 e. The number of aromatic nitrogens is 2. The van der Waals surface area contributed by atoms with Crippen LogP contribution in [0.25, 0.3) is 5.65 Å². The van der Waals surface area contributed by atoms with Crippen molar-refractivity contribution in [2.24, 2.45) is 4.99 Å². The molecule has 6 heteroatoms. The number of hydrogen-bond donors (Lipinski definition) is 2. The van der Waals surface area contributed by atoms with Crippen molar-refractivity contribution in [3.05, 3.63) is 65.6 Å². The summed E-state index contributed by atoms with van der Waals surface area (Å²) in [6, 6.07) is 12.4. The van der Waals surface area contributed by atoms with Gasteiger partial charge in [-0.3, -0.25) is 4.99 Å². The minimum Gasteiger partial charge on any atom is -0.496 e. The lowest BCUT2D eigenvalue weighted by atomic mass is 10.1. The van der Waals surface area contributed by atoms with Crippen LogP contribution in [0.3, 0.4) is 0 Å². The maximum absolute atomic E-state index is 5.40. The summed E-state index contributed by atoms with van der Waals surface area (Å²) >= 11 is 0. The molecule has 2 N–H and O–H groups in total. The molecule has 0 amide bonds. The van der Waals surface area contributed by atoms with Gasteiger partial charge in [0.25, 0.3) is 0 Å². The zero-order chi connectivity index (χ0) is 19.8. The first-order valence-electron chi connectivity index (χ1n) is 9.78. The van der Waals surface area contributed by atoms with Crippen LogP contribution < -0.4 is 15.4 Å². The molecule has 3 rings (SSSR count). The van der Waals surface area contributed by atoms with Gasteiger partial charge >= 0.3 is 0 Å². The number of nitrogens with one attached hydrogen (secondary N) is 2. The molecular formula is C22H29N5O. The Morgan fingerprint density at radius 3 is 2.86 bits per heavy atom. The van der Waals surface area contributed by atoms with Crippen LogP contribution in [0.4, 0.5) is 0 Å². The predicted octanol–water partition coefficient (Wildman–Crippen LogP) is 2.99. The smallest absolute Gasteiger partial charge is 0.191 e. The van der Waals surface area contributed by atoms with Crippen LogP contribution in [0.15, 0.2) is 53.8 Å². The fourth-order valence-electron chi connectivity index (χ4n) is 3.08. The third-order valence-electron chi connectivity index (χ3n) is 4.57. The Morgan fingerprint density at radius 1 is 1.18 bits per heavy atom. The van der Waals surface area contributed by atoms with Crippen LogP contribution in [0.5, 0.6) is 5.75 Å². The molecule has 0 saturated carbocycles. The lowest BCUT2D eigenvalue weighted by Gasteiger charge is -2.12. The Hall–Kier alpha value is -3.02. The van der Waals surface area contributed by atoms with Gasteiger partial charge in [0.2, 0.25) is 0 Å². The quantitative estimate of drug-likeness (QED) is 0.467. The molecular weight excluding hydrogens is 350 g/mol. The normalized spacial score (nSPS) is 11.6. The van der Waals surface area contributed by atoms with Gasteiger partial charge in [0, 0.05) is 38.4 Å². The first kappa shape index (κ1) is 19.7. The third-order valence-corrected chi connectivity index (χ3v) is 4.57. The SMILES string of the molecule is CCNC(=NCCc1cn2ccccc2n1)NCCc1ccc(C)c(OC)c1. The van der Waals surface area contributed by atoms with E-state index in [-0.39, 0.29) is 0 Å². The summed E-state index contributed by atoms with van der Waals surface area (Å²) in [5.74, 6) is 1.77. The van der Waals surface area contributed by atoms with Crippen LogP contribution in [0, 0.1) is 6.92 Å². The van der Waals surface area contributed by atoms with E-state index >= 15 is 0 Å². The lowest BCUT2D eigenvalue weighted by molar-refractivity contribution is 0.411. The Labute approximate surface area is 166 Å². The van der Waals surface area contributed by atoms with Gasteiger partial charge in [-0.25, -0.2) is 4.98 Å². The average Bonchev–Trinajstić information content (AvgIpc) is 3.12. The minimum absolute atomic E-state index is 0.692. The molecule has 28 heavy (non-hydrogen) atoms. The van der Waals surface area contributed by atoms with Crippen molar-refractivity contribution < 1.29 is 4.74 Å². The number of guanidine groups is 1. The van der Waals surface area contributed by atoms with Gasteiger partial charge in [-0.1, -0.05) is 18.2 Å². The molecule has 0 radical (unpaired) electrons. The van der Waals surface area contributed by atoms with Crippen LogP contribution in [-0.4, -0.2) is 42.1 Å². The topological polar surface area (TPSA) is 63.0 Å². The highest BCUT2D eigenvalue weighted by atomic mass is 16.5. The molecule has 0 aliphatic rings. The predicted molar refractivity (Wildman–Crippen MR) is 114 cm³/mol. The van der Waals surface area contributed by atoms with Crippen molar-refractivity contribution in [1.29, 1.82) is 0 Å². The molecule has 0 aliphatic carbocycles. The number of pyridine rings is 1. The van der Waals surface area contributed by atoms with E-state index in [4.69, 9.17) is 4.74 Å². The lowest BCUT2D eigenvalue weighted by Crippen LogP contribution is -2.38. The van der Waals surface area contributed by atoms with Crippen LogP contribution in [0.1, 0.15) is 23.7 Å². The first-order chi connectivity index (χ1) is 13.7. The van der Waals surface area contributed by atoms with E-state index in [1.807, 2.05) is 28.8 Å². The fraction of sp³-hybridized carbons (Fsp3) is 0.364. The summed E-state index contributed by atoms with van der Waals surface area (Å²) in [5.41, 5.74) is 4.43.